The van der Waals surface area contributed by atoms with Gasteiger partial charge >= 0.3 is 0 Å². The summed E-state index contributed by atoms with van der Waals surface area (Å²) in [4.78, 5) is 11.1. The summed E-state index contributed by atoms with van der Waals surface area (Å²) in [5.41, 5.74) is 1.08. The third-order valence-electron chi connectivity index (χ3n) is 1.93. The molecule has 0 aliphatic heterocycles. The Labute approximate surface area is 76.3 Å². The molecule has 2 nitrogen and oxygen atoms in total. The molecule has 0 bridgehead atoms. The number of ketones is 1. The van der Waals surface area contributed by atoms with Crippen molar-refractivity contribution >= 4 is 5.78 Å². The lowest BCUT2D eigenvalue weighted by molar-refractivity contribution is 0.0957. The molecular weight excluding hydrogens is 171 g/mol. The summed E-state index contributed by atoms with van der Waals surface area (Å²) in [5.74, 6) is 0.107. The average Bonchev–Trinajstić information content (AvgIpc) is 2.17. The van der Waals surface area contributed by atoms with E-state index in [-0.39, 0.29) is 0 Å². The second-order valence-corrected chi connectivity index (χ2v) is 2.69. The molecule has 0 aliphatic rings. The lowest BCUT2D eigenvalue weighted by Gasteiger charge is -2.07. The van der Waals surface area contributed by atoms with Gasteiger partial charge in [-0.2, -0.15) is 0 Å². The summed E-state index contributed by atoms with van der Waals surface area (Å²) in [6, 6.07) is 5.01. The van der Waals surface area contributed by atoms with E-state index in [4.69, 9.17) is 4.74 Å². The van der Waals surface area contributed by atoms with Crippen molar-refractivity contribution in [3.63, 3.8) is 0 Å². The van der Waals surface area contributed by atoms with E-state index in [1.807, 2.05) is 0 Å². The monoisotopic (exact) mass is 182 g/mol. The van der Waals surface area contributed by atoms with Crippen LogP contribution in [0.15, 0.2) is 18.2 Å². The van der Waals surface area contributed by atoms with E-state index in [2.05, 4.69) is 0 Å². The van der Waals surface area contributed by atoms with Gasteiger partial charge < -0.3 is 4.74 Å². The molecule has 0 saturated heterocycles. The van der Waals surface area contributed by atoms with Crippen molar-refractivity contribution in [3.8, 4) is 5.75 Å². The van der Waals surface area contributed by atoms with Gasteiger partial charge in [0, 0.05) is 11.1 Å². The van der Waals surface area contributed by atoms with Crippen LogP contribution in [0.1, 0.15) is 15.9 Å². The smallest absolute Gasteiger partial charge is 0.194 e. The van der Waals surface area contributed by atoms with Crippen molar-refractivity contribution in [3.05, 3.63) is 29.3 Å². The van der Waals surface area contributed by atoms with Crippen LogP contribution in [-0.4, -0.2) is 19.6 Å². The van der Waals surface area contributed by atoms with Gasteiger partial charge in [0.15, 0.2) is 12.5 Å². The fraction of sp³-hybridized carbons (Fsp3) is 0.300. The van der Waals surface area contributed by atoms with E-state index in [1.54, 1.807) is 25.1 Å². The van der Waals surface area contributed by atoms with Crippen LogP contribution in [0.2, 0.25) is 0 Å². The minimum atomic E-state index is -0.964. The highest BCUT2D eigenvalue weighted by atomic mass is 19.1. The molecule has 0 spiro atoms. The zero-order chi connectivity index (χ0) is 9.84. The molecule has 70 valence electrons. The molecule has 0 heterocycles. The molecule has 0 amide bonds. The Bertz CT molecular complexity index is 321. The number of Topliss-reactive ketones (excluding diaryl/α,β-unsaturated/α-hetero) is 1. The maximum Gasteiger partial charge on any atom is 0.194 e. The Morgan fingerprint density at radius 2 is 2.23 bits per heavy atom. The summed E-state index contributed by atoms with van der Waals surface area (Å²) in [5, 5.41) is 0. The van der Waals surface area contributed by atoms with Crippen molar-refractivity contribution in [1.82, 2.24) is 0 Å². The quantitative estimate of drug-likeness (QED) is 0.669. The molecule has 0 saturated carbocycles. The lowest BCUT2D eigenvalue weighted by Crippen LogP contribution is -2.04. The summed E-state index contributed by atoms with van der Waals surface area (Å²) < 4.78 is 17.1. The molecule has 3 heteroatoms. The fourth-order valence-electron chi connectivity index (χ4n) is 1.21. The second kappa shape index (κ2) is 4.03. The molecule has 0 fully saturated rings. The number of hydrogen-bond acceptors (Lipinski definition) is 2. The molecule has 0 radical (unpaired) electrons. The molecule has 0 N–H and O–H groups in total. The first-order chi connectivity index (χ1) is 6.20. The molecule has 0 atom stereocenters. The highest BCUT2D eigenvalue weighted by molar-refractivity contribution is 5.98. The van der Waals surface area contributed by atoms with Crippen LogP contribution in [0.5, 0.6) is 5.75 Å². The Morgan fingerprint density at radius 1 is 1.54 bits per heavy atom. The number of hydrogen-bond donors (Lipinski definition) is 0. The predicted octanol–water partition coefficient (Wildman–Crippen LogP) is 2.16. The molecule has 1 aromatic rings. The minimum absolute atomic E-state index is 0.391. The van der Waals surface area contributed by atoms with Crippen LogP contribution in [0, 0.1) is 6.92 Å². The van der Waals surface area contributed by atoms with Gasteiger partial charge in [-0.05, 0) is 13.0 Å². The first-order valence-electron chi connectivity index (χ1n) is 3.93. The van der Waals surface area contributed by atoms with E-state index < -0.39 is 12.5 Å². The van der Waals surface area contributed by atoms with E-state index in [0.717, 1.165) is 0 Å². The number of alkyl halides is 1. The van der Waals surface area contributed by atoms with Gasteiger partial charge in [-0.15, -0.1) is 0 Å². The standard InChI is InChI=1S/C10H11FO2/c1-7-8(9(12)6-11)4-3-5-10(7)13-2/h3-5H,6H2,1-2H3. The zero-order valence-electron chi connectivity index (χ0n) is 7.63. The Morgan fingerprint density at radius 3 is 2.77 bits per heavy atom. The van der Waals surface area contributed by atoms with E-state index in [9.17, 15) is 9.18 Å². The van der Waals surface area contributed by atoms with Gasteiger partial charge in [0.05, 0.1) is 7.11 Å². The first-order valence-corrected chi connectivity index (χ1v) is 3.93. The van der Waals surface area contributed by atoms with Gasteiger partial charge in [0.1, 0.15) is 5.75 Å². The molecule has 1 aromatic carbocycles. The SMILES string of the molecule is COc1cccc(C(=O)CF)c1C. The minimum Gasteiger partial charge on any atom is -0.496 e. The molecule has 13 heavy (non-hydrogen) atoms. The lowest BCUT2D eigenvalue weighted by atomic mass is 10.0. The number of carbonyl (C=O) groups excluding carboxylic acids is 1. The molecular formula is C10H11FO2. The first kappa shape index (κ1) is 9.71. The largest absolute Gasteiger partial charge is 0.496 e. The predicted molar refractivity (Wildman–Crippen MR) is 48.0 cm³/mol. The van der Waals surface area contributed by atoms with E-state index in [0.29, 0.717) is 16.9 Å². The normalized spacial score (nSPS) is 9.77. The van der Waals surface area contributed by atoms with Gasteiger partial charge in [-0.1, -0.05) is 12.1 Å². The second-order valence-electron chi connectivity index (χ2n) is 2.69. The van der Waals surface area contributed by atoms with Crippen LogP contribution in [0.4, 0.5) is 4.39 Å². The van der Waals surface area contributed by atoms with Gasteiger partial charge in [0.25, 0.3) is 0 Å². The number of carbonyl (C=O) groups is 1. The number of methoxy groups -OCH3 is 1. The number of halogens is 1. The summed E-state index contributed by atoms with van der Waals surface area (Å²) in [6.07, 6.45) is 0. The number of ether oxygens (including phenoxy) is 1. The van der Waals surface area contributed by atoms with Crippen molar-refractivity contribution in [1.29, 1.82) is 0 Å². The zero-order valence-corrected chi connectivity index (χ0v) is 7.63. The Balaban J connectivity index is 3.15. The third kappa shape index (κ3) is 1.86. The van der Waals surface area contributed by atoms with Gasteiger partial charge in [-0.3, -0.25) is 4.79 Å². The fourth-order valence-corrected chi connectivity index (χ4v) is 1.21. The summed E-state index contributed by atoms with van der Waals surface area (Å²) in [7, 11) is 1.52. The van der Waals surface area contributed by atoms with Crippen molar-refractivity contribution in [2.75, 3.05) is 13.8 Å². The van der Waals surface area contributed by atoms with E-state index >= 15 is 0 Å². The Kier molecular flexibility index (Phi) is 3.01. The molecule has 1 rings (SSSR count). The maximum atomic E-state index is 12.1. The van der Waals surface area contributed by atoms with Crippen LogP contribution >= 0.6 is 0 Å². The number of rotatable bonds is 3. The average molecular weight is 182 g/mol. The van der Waals surface area contributed by atoms with Crippen LogP contribution < -0.4 is 4.74 Å². The van der Waals surface area contributed by atoms with Crippen LogP contribution in [0.25, 0.3) is 0 Å². The highest BCUT2D eigenvalue weighted by Gasteiger charge is 2.10. The van der Waals surface area contributed by atoms with Gasteiger partial charge in [0.2, 0.25) is 0 Å². The molecule has 0 aromatic heterocycles. The number of benzene rings is 1. The highest BCUT2D eigenvalue weighted by Crippen LogP contribution is 2.21. The summed E-state index contributed by atoms with van der Waals surface area (Å²) in [6.45, 7) is 0.774. The van der Waals surface area contributed by atoms with Crippen molar-refractivity contribution < 1.29 is 13.9 Å². The topological polar surface area (TPSA) is 26.3 Å². The molecule has 0 aliphatic carbocycles. The van der Waals surface area contributed by atoms with E-state index in [1.165, 1.54) is 7.11 Å². The maximum absolute atomic E-state index is 12.1. The third-order valence-corrected chi connectivity index (χ3v) is 1.93. The van der Waals surface area contributed by atoms with Crippen molar-refractivity contribution in [2.45, 2.75) is 6.92 Å². The van der Waals surface area contributed by atoms with Crippen molar-refractivity contribution in [2.24, 2.45) is 0 Å². The van der Waals surface area contributed by atoms with Crippen LogP contribution in [-0.2, 0) is 0 Å². The van der Waals surface area contributed by atoms with Gasteiger partial charge in [-0.25, -0.2) is 4.39 Å². The Hall–Kier alpha value is -1.38. The molecule has 0 unspecified atom stereocenters. The van der Waals surface area contributed by atoms with Crippen LogP contribution in [0.3, 0.4) is 0 Å². The summed E-state index contributed by atoms with van der Waals surface area (Å²) >= 11 is 0.